The van der Waals surface area contributed by atoms with Crippen molar-refractivity contribution in [2.45, 2.75) is 64.5 Å². The maximum absolute atomic E-state index is 11.1. The van der Waals surface area contributed by atoms with Gasteiger partial charge in [0.2, 0.25) is 6.17 Å². The first-order chi connectivity index (χ1) is 8.89. The third-order valence-electron chi connectivity index (χ3n) is 3.38. The third kappa shape index (κ3) is 9.91. The molecule has 0 aliphatic heterocycles. The monoisotopic (exact) mass is 273 g/mol. The Hall–Kier alpha value is -0.610. The van der Waals surface area contributed by atoms with Crippen molar-refractivity contribution in [1.29, 1.82) is 0 Å². The fourth-order valence-electron chi connectivity index (χ4n) is 2.19. The van der Waals surface area contributed by atoms with Crippen molar-refractivity contribution in [3.8, 4) is 0 Å². The second-order valence-electron chi connectivity index (χ2n) is 6.29. The molecule has 0 bridgehead atoms. The minimum Gasteiger partial charge on any atom is -0.476 e. The number of aliphatic carboxylic acids is 1. The maximum atomic E-state index is 11.1. The zero-order valence-electron chi connectivity index (χ0n) is 13.2. The highest BCUT2D eigenvalue weighted by molar-refractivity contribution is 5.71. The van der Waals surface area contributed by atoms with Crippen molar-refractivity contribution in [3.63, 3.8) is 0 Å². The van der Waals surface area contributed by atoms with Crippen LogP contribution in [0.5, 0.6) is 0 Å². The highest BCUT2D eigenvalue weighted by Crippen LogP contribution is 2.08. The van der Waals surface area contributed by atoms with Crippen molar-refractivity contribution in [3.05, 3.63) is 0 Å². The van der Waals surface area contributed by atoms with Gasteiger partial charge in [0.1, 0.15) is 0 Å². The summed E-state index contributed by atoms with van der Waals surface area (Å²) >= 11 is 0. The van der Waals surface area contributed by atoms with Gasteiger partial charge >= 0.3 is 5.97 Å². The molecule has 0 aliphatic carbocycles. The molecular formula is C15H33N2O2+. The molecule has 0 aromatic rings. The molecule has 0 aromatic carbocycles. The highest BCUT2D eigenvalue weighted by Gasteiger charge is 2.30. The molecule has 19 heavy (non-hydrogen) atoms. The van der Waals surface area contributed by atoms with Crippen LogP contribution in [0.4, 0.5) is 0 Å². The number of nitrogens with one attached hydrogen (secondary N) is 1. The first-order valence-electron chi connectivity index (χ1n) is 7.67. The molecule has 4 heteroatoms. The lowest BCUT2D eigenvalue weighted by atomic mass is 10.1. The Balaban J connectivity index is 3.54. The van der Waals surface area contributed by atoms with Crippen molar-refractivity contribution < 1.29 is 14.4 Å². The van der Waals surface area contributed by atoms with E-state index < -0.39 is 12.1 Å². The van der Waals surface area contributed by atoms with Crippen LogP contribution in [0.25, 0.3) is 0 Å². The van der Waals surface area contributed by atoms with Crippen LogP contribution in [0, 0.1) is 0 Å². The molecular weight excluding hydrogens is 240 g/mol. The van der Waals surface area contributed by atoms with Crippen molar-refractivity contribution in [2.24, 2.45) is 0 Å². The number of carboxylic acid groups (broad SMARTS) is 1. The summed E-state index contributed by atoms with van der Waals surface area (Å²) in [5, 5.41) is 12.3. The number of nitrogens with zero attached hydrogens (tertiary/aromatic N) is 1. The second-order valence-corrected chi connectivity index (χ2v) is 6.29. The Morgan fingerprint density at radius 3 is 1.89 bits per heavy atom. The molecule has 0 aliphatic rings. The van der Waals surface area contributed by atoms with E-state index in [-0.39, 0.29) is 0 Å². The summed E-state index contributed by atoms with van der Waals surface area (Å²) in [4.78, 5) is 11.1. The van der Waals surface area contributed by atoms with Crippen molar-refractivity contribution in [1.82, 2.24) is 5.32 Å². The molecule has 1 unspecified atom stereocenters. The molecule has 114 valence electrons. The summed E-state index contributed by atoms with van der Waals surface area (Å²) in [6, 6.07) is 0. The van der Waals surface area contributed by atoms with E-state index in [1.54, 1.807) is 0 Å². The maximum Gasteiger partial charge on any atom is 0.379 e. The van der Waals surface area contributed by atoms with Crippen LogP contribution in [-0.4, -0.2) is 49.4 Å². The van der Waals surface area contributed by atoms with Crippen LogP contribution in [0.3, 0.4) is 0 Å². The van der Waals surface area contributed by atoms with Gasteiger partial charge < -0.3 is 9.59 Å². The van der Waals surface area contributed by atoms with Crippen LogP contribution in [-0.2, 0) is 4.79 Å². The number of hydrogen-bond donors (Lipinski definition) is 2. The topological polar surface area (TPSA) is 49.3 Å². The largest absolute Gasteiger partial charge is 0.476 e. The van der Waals surface area contributed by atoms with Crippen molar-refractivity contribution in [2.75, 3.05) is 27.7 Å². The summed E-state index contributed by atoms with van der Waals surface area (Å²) in [5.74, 6) is -0.771. The average Bonchev–Trinajstić information content (AvgIpc) is 2.29. The number of quaternary nitrogens is 1. The van der Waals surface area contributed by atoms with Crippen LogP contribution in [0.15, 0.2) is 0 Å². The summed E-state index contributed by atoms with van der Waals surface area (Å²) in [6.45, 7) is 3.03. The molecule has 4 nitrogen and oxygen atoms in total. The number of unbranched alkanes of at least 4 members (excludes halogenated alkanes) is 7. The van der Waals surface area contributed by atoms with Crippen LogP contribution in [0.2, 0.25) is 0 Å². The fraction of sp³-hybridized carbons (Fsp3) is 0.933. The zero-order valence-corrected chi connectivity index (χ0v) is 13.2. The van der Waals surface area contributed by atoms with E-state index in [1.807, 2.05) is 21.1 Å². The van der Waals surface area contributed by atoms with Gasteiger partial charge in [0.25, 0.3) is 0 Å². The van der Waals surface area contributed by atoms with Crippen LogP contribution in [0.1, 0.15) is 58.3 Å². The standard InChI is InChI=1S/C15H32N2O2/c1-5-6-7-8-9-10-11-12-13-16-14(15(18)19)17(2,3)4/h14,16H,5-13H2,1-4H3/p+1. The zero-order chi connectivity index (χ0) is 14.7. The minimum atomic E-state index is -0.771. The Morgan fingerprint density at radius 2 is 1.47 bits per heavy atom. The molecule has 0 heterocycles. The van der Waals surface area contributed by atoms with Gasteiger partial charge in [-0.05, 0) is 6.42 Å². The smallest absolute Gasteiger partial charge is 0.379 e. The van der Waals surface area contributed by atoms with E-state index in [4.69, 9.17) is 5.11 Å². The number of carbonyl (C=O) groups is 1. The molecule has 0 fully saturated rings. The van der Waals surface area contributed by atoms with E-state index in [1.165, 1.54) is 44.9 Å². The van der Waals surface area contributed by atoms with Gasteiger partial charge in [-0.1, -0.05) is 51.9 Å². The first kappa shape index (κ1) is 18.4. The minimum absolute atomic E-state index is 0.409. The third-order valence-corrected chi connectivity index (χ3v) is 3.38. The van der Waals surface area contributed by atoms with Gasteiger partial charge in [-0.3, -0.25) is 5.32 Å². The quantitative estimate of drug-likeness (QED) is 0.326. The summed E-state index contributed by atoms with van der Waals surface area (Å²) < 4.78 is 0.409. The summed E-state index contributed by atoms with van der Waals surface area (Å²) in [6.07, 6.45) is 9.70. The Morgan fingerprint density at radius 1 is 1.00 bits per heavy atom. The molecule has 2 N–H and O–H groups in total. The van der Waals surface area contributed by atoms with Gasteiger partial charge in [0, 0.05) is 6.54 Å². The van der Waals surface area contributed by atoms with Crippen LogP contribution >= 0.6 is 0 Å². The fourth-order valence-corrected chi connectivity index (χ4v) is 2.19. The lowest BCUT2D eigenvalue weighted by molar-refractivity contribution is -0.890. The number of hydrogen-bond acceptors (Lipinski definition) is 2. The van der Waals surface area contributed by atoms with Gasteiger partial charge in [-0.2, -0.15) is 0 Å². The number of carboxylic acids is 1. The Labute approximate surface area is 118 Å². The lowest BCUT2D eigenvalue weighted by Gasteiger charge is -2.31. The van der Waals surface area contributed by atoms with Crippen LogP contribution < -0.4 is 5.32 Å². The second kappa shape index (κ2) is 10.2. The Bertz CT molecular complexity index is 237. The van der Waals surface area contributed by atoms with Gasteiger partial charge in [-0.15, -0.1) is 0 Å². The SMILES string of the molecule is CCCCCCCCCCNC(C(=O)O)[N+](C)(C)C. The number of rotatable bonds is 12. The van der Waals surface area contributed by atoms with E-state index in [2.05, 4.69) is 12.2 Å². The van der Waals surface area contributed by atoms with Crippen molar-refractivity contribution >= 4 is 5.97 Å². The van der Waals surface area contributed by atoms with E-state index >= 15 is 0 Å². The van der Waals surface area contributed by atoms with Gasteiger partial charge in [0.05, 0.1) is 21.1 Å². The molecule has 0 rings (SSSR count). The van der Waals surface area contributed by atoms with E-state index in [0.29, 0.717) is 4.48 Å². The normalized spacial score (nSPS) is 13.5. The highest BCUT2D eigenvalue weighted by atomic mass is 16.4. The lowest BCUT2D eigenvalue weighted by Crippen LogP contribution is -2.58. The molecule has 0 aromatic heterocycles. The average molecular weight is 273 g/mol. The molecule has 0 radical (unpaired) electrons. The summed E-state index contributed by atoms with van der Waals surface area (Å²) in [7, 11) is 5.71. The molecule has 0 amide bonds. The van der Waals surface area contributed by atoms with Gasteiger partial charge in [-0.25, -0.2) is 4.79 Å². The molecule has 1 atom stereocenters. The molecule has 0 saturated heterocycles. The predicted molar refractivity (Wildman–Crippen MR) is 80.1 cm³/mol. The Kier molecular flexibility index (Phi) is 9.88. The predicted octanol–water partition coefficient (Wildman–Crippen LogP) is 2.83. The van der Waals surface area contributed by atoms with E-state index in [9.17, 15) is 4.79 Å². The van der Waals surface area contributed by atoms with Gasteiger partial charge in [0.15, 0.2) is 0 Å². The summed E-state index contributed by atoms with van der Waals surface area (Å²) in [5.41, 5.74) is 0. The number of likely N-dealkylation sites (N-methyl/N-ethyl adjacent to an activating group) is 1. The first-order valence-corrected chi connectivity index (χ1v) is 7.67. The molecule has 0 saturated carbocycles. The van der Waals surface area contributed by atoms with E-state index in [0.717, 1.165) is 13.0 Å². The molecule has 0 spiro atoms.